The summed E-state index contributed by atoms with van der Waals surface area (Å²) in [5.41, 5.74) is 7.58. The number of nitrogen functional groups attached to an aromatic ring is 1. The van der Waals surface area contributed by atoms with Gasteiger partial charge in [0.05, 0.1) is 16.4 Å². The average Bonchev–Trinajstić information content (AvgIpc) is 2.25. The molecule has 1 aromatic rings. The molecule has 0 bridgehead atoms. The number of likely N-dealkylation sites (N-methyl/N-ethyl adjacent to an activating group) is 1. The molecular formula is C12H21BrN4. The number of nitrogens with zero attached hydrogens (tertiary/aromatic N) is 2. The van der Waals surface area contributed by atoms with Gasteiger partial charge < -0.3 is 16.0 Å². The van der Waals surface area contributed by atoms with Crippen LogP contribution in [0.5, 0.6) is 0 Å². The molecule has 0 aliphatic heterocycles. The maximum absolute atomic E-state index is 5.79. The summed E-state index contributed by atoms with van der Waals surface area (Å²) < 4.78 is 0.937. The van der Waals surface area contributed by atoms with Crippen LogP contribution in [0.2, 0.25) is 0 Å². The van der Waals surface area contributed by atoms with E-state index in [4.69, 9.17) is 5.73 Å². The van der Waals surface area contributed by atoms with Crippen LogP contribution in [0.15, 0.2) is 10.7 Å². The molecule has 4 nitrogen and oxygen atoms in total. The van der Waals surface area contributed by atoms with Crippen LogP contribution in [0.25, 0.3) is 0 Å². The molecule has 0 radical (unpaired) electrons. The van der Waals surface area contributed by atoms with Crippen molar-refractivity contribution in [2.45, 2.75) is 26.3 Å². The van der Waals surface area contributed by atoms with Crippen molar-refractivity contribution in [2.24, 2.45) is 0 Å². The summed E-state index contributed by atoms with van der Waals surface area (Å²) in [6.45, 7) is 7.15. The number of nitrogens with two attached hydrogens (primary N) is 1. The smallest absolute Gasteiger partial charge is 0.140 e. The van der Waals surface area contributed by atoms with E-state index >= 15 is 0 Å². The van der Waals surface area contributed by atoms with E-state index in [-0.39, 0.29) is 5.54 Å². The van der Waals surface area contributed by atoms with Crippen molar-refractivity contribution in [1.82, 2.24) is 9.88 Å². The third kappa shape index (κ3) is 3.33. The van der Waals surface area contributed by atoms with Gasteiger partial charge >= 0.3 is 0 Å². The zero-order valence-corrected chi connectivity index (χ0v) is 12.7. The van der Waals surface area contributed by atoms with Gasteiger partial charge in [0.25, 0.3) is 0 Å². The SMILES string of the molecule is Cc1c(N)cnc(NCC(C)(C)N(C)C)c1Br. The van der Waals surface area contributed by atoms with Gasteiger partial charge in [-0.3, -0.25) is 0 Å². The Kier molecular flexibility index (Phi) is 4.38. The third-order valence-corrected chi connectivity index (χ3v) is 4.17. The lowest BCUT2D eigenvalue weighted by Gasteiger charge is -2.33. The predicted molar refractivity (Wildman–Crippen MR) is 77.3 cm³/mol. The first-order chi connectivity index (χ1) is 7.75. The number of anilines is 2. The van der Waals surface area contributed by atoms with Gasteiger partial charge in [-0.25, -0.2) is 4.98 Å². The maximum Gasteiger partial charge on any atom is 0.140 e. The number of aromatic nitrogens is 1. The van der Waals surface area contributed by atoms with E-state index in [1.54, 1.807) is 6.20 Å². The molecule has 0 aliphatic rings. The molecule has 0 unspecified atom stereocenters. The minimum Gasteiger partial charge on any atom is -0.397 e. The number of hydrogen-bond donors (Lipinski definition) is 2. The summed E-state index contributed by atoms with van der Waals surface area (Å²) in [5.74, 6) is 0.839. The first-order valence-corrected chi connectivity index (χ1v) is 6.37. The minimum absolute atomic E-state index is 0.0659. The lowest BCUT2D eigenvalue weighted by Crippen LogP contribution is -2.44. The summed E-state index contributed by atoms with van der Waals surface area (Å²) in [6, 6.07) is 0. The second-order valence-corrected chi connectivity index (χ2v) is 5.85. The minimum atomic E-state index is 0.0659. The van der Waals surface area contributed by atoms with E-state index < -0.39 is 0 Å². The van der Waals surface area contributed by atoms with Crippen LogP contribution in [0.1, 0.15) is 19.4 Å². The molecule has 5 heteroatoms. The van der Waals surface area contributed by atoms with E-state index in [2.05, 4.69) is 59.1 Å². The predicted octanol–water partition coefficient (Wildman–Crippen LogP) is 2.49. The molecule has 0 saturated heterocycles. The van der Waals surface area contributed by atoms with Crippen LogP contribution in [0.3, 0.4) is 0 Å². The molecule has 17 heavy (non-hydrogen) atoms. The van der Waals surface area contributed by atoms with Crippen molar-refractivity contribution < 1.29 is 0 Å². The van der Waals surface area contributed by atoms with Gasteiger partial charge in [-0.1, -0.05) is 0 Å². The van der Waals surface area contributed by atoms with Crippen molar-refractivity contribution in [3.63, 3.8) is 0 Å². The molecule has 1 heterocycles. The number of hydrogen-bond acceptors (Lipinski definition) is 4. The first kappa shape index (κ1) is 14.3. The van der Waals surface area contributed by atoms with Gasteiger partial charge in [0, 0.05) is 12.1 Å². The van der Waals surface area contributed by atoms with Gasteiger partial charge in [0.15, 0.2) is 0 Å². The Bertz CT molecular complexity index is 402. The Morgan fingerprint density at radius 3 is 2.59 bits per heavy atom. The Morgan fingerprint density at radius 2 is 2.06 bits per heavy atom. The average molecular weight is 301 g/mol. The summed E-state index contributed by atoms with van der Waals surface area (Å²) in [6.07, 6.45) is 1.69. The zero-order valence-electron chi connectivity index (χ0n) is 11.1. The lowest BCUT2D eigenvalue weighted by atomic mass is 10.0. The largest absolute Gasteiger partial charge is 0.397 e. The zero-order chi connectivity index (χ0) is 13.2. The fourth-order valence-corrected chi connectivity index (χ4v) is 1.64. The van der Waals surface area contributed by atoms with Crippen molar-refractivity contribution >= 4 is 27.4 Å². The van der Waals surface area contributed by atoms with E-state index in [9.17, 15) is 0 Å². The molecule has 0 saturated carbocycles. The lowest BCUT2D eigenvalue weighted by molar-refractivity contribution is 0.210. The highest BCUT2D eigenvalue weighted by molar-refractivity contribution is 9.10. The monoisotopic (exact) mass is 300 g/mol. The molecule has 0 aromatic carbocycles. The summed E-state index contributed by atoms with van der Waals surface area (Å²) >= 11 is 3.52. The van der Waals surface area contributed by atoms with Gasteiger partial charge in [-0.05, 0) is 56.4 Å². The highest BCUT2D eigenvalue weighted by Crippen LogP contribution is 2.28. The van der Waals surface area contributed by atoms with Crippen molar-refractivity contribution in [3.05, 3.63) is 16.2 Å². The standard InChI is InChI=1S/C12H21BrN4/c1-8-9(14)6-15-11(10(8)13)16-7-12(2,3)17(4)5/h6H,7,14H2,1-5H3,(H,15,16). The Labute approximate surface area is 112 Å². The van der Waals surface area contributed by atoms with Crippen molar-refractivity contribution in [3.8, 4) is 0 Å². The molecular weight excluding hydrogens is 280 g/mol. The Hall–Kier alpha value is -0.810. The molecule has 0 spiro atoms. The second kappa shape index (κ2) is 5.23. The van der Waals surface area contributed by atoms with Crippen LogP contribution in [-0.4, -0.2) is 36.1 Å². The number of rotatable bonds is 4. The molecule has 3 N–H and O–H groups in total. The third-order valence-electron chi connectivity index (χ3n) is 3.20. The number of pyridine rings is 1. The van der Waals surface area contributed by atoms with Gasteiger partial charge in [0.1, 0.15) is 5.82 Å². The molecule has 0 aliphatic carbocycles. The number of halogens is 1. The van der Waals surface area contributed by atoms with E-state index in [1.165, 1.54) is 0 Å². The quantitative estimate of drug-likeness (QED) is 0.897. The first-order valence-electron chi connectivity index (χ1n) is 5.57. The normalized spacial score (nSPS) is 11.9. The maximum atomic E-state index is 5.79. The van der Waals surface area contributed by atoms with E-state index in [1.807, 2.05) is 6.92 Å². The van der Waals surface area contributed by atoms with E-state index in [0.29, 0.717) is 5.69 Å². The van der Waals surface area contributed by atoms with Crippen molar-refractivity contribution in [1.29, 1.82) is 0 Å². The molecule has 0 atom stereocenters. The highest BCUT2D eigenvalue weighted by Gasteiger charge is 2.20. The van der Waals surface area contributed by atoms with Crippen molar-refractivity contribution in [2.75, 3.05) is 31.7 Å². The van der Waals surface area contributed by atoms with Crippen LogP contribution in [-0.2, 0) is 0 Å². The van der Waals surface area contributed by atoms with Crippen LogP contribution >= 0.6 is 15.9 Å². The molecule has 1 rings (SSSR count). The van der Waals surface area contributed by atoms with E-state index in [0.717, 1.165) is 22.4 Å². The fourth-order valence-electron chi connectivity index (χ4n) is 1.17. The summed E-state index contributed by atoms with van der Waals surface area (Å²) in [5, 5.41) is 3.35. The fraction of sp³-hybridized carbons (Fsp3) is 0.583. The highest BCUT2D eigenvalue weighted by atomic mass is 79.9. The molecule has 0 fully saturated rings. The number of nitrogens with one attached hydrogen (secondary N) is 1. The molecule has 1 aromatic heterocycles. The van der Waals surface area contributed by atoms with Gasteiger partial charge in [-0.2, -0.15) is 0 Å². The van der Waals surface area contributed by atoms with Crippen LogP contribution in [0.4, 0.5) is 11.5 Å². The van der Waals surface area contributed by atoms with Crippen LogP contribution < -0.4 is 11.1 Å². The van der Waals surface area contributed by atoms with Gasteiger partial charge in [-0.15, -0.1) is 0 Å². The molecule has 0 amide bonds. The molecule has 96 valence electrons. The Morgan fingerprint density at radius 1 is 1.47 bits per heavy atom. The topological polar surface area (TPSA) is 54.2 Å². The van der Waals surface area contributed by atoms with Crippen LogP contribution in [0, 0.1) is 6.92 Å². The summed E-state index contributed by atoms with van der Waals surface area (Å²) in [4.78, 5) is 6.48. The Balaban J connectivity index is 2.81. The second-order valence-electron chi connectivity index (χ2n) is 5.06. The summed E-state index contributed by atoms with van der Waals surface area (Å²) in [7, 11) is 4.14. The van der Waals surface area contributed by atoms with Gasteiger partial charge in [0.2, 0.25) is 0 Å².